The van der Waals surface area contributed by atoms with Crippen LogP contribution in [0.1, 0.15) is 23.1 Å². The molecule has 1 aromatic heterocycles. The number of rotatable bonds is 6. The summed E-state index contributed by atoms with van der Waals surface area (Å²) in [4.78, 5) is 0. The Labute approximate surface area is 143 Å². The van der Waals surface area contributed by atoms with Crippen molar-refractivity contribution in [3.63, 3.8) is 0 Å². The number of thioether (sulfide) groups is 1. The molecule has 1 atom stereocenters. The summed E-state index contributed by atoms with van der Waals surface area (Å²) in [5, 5.41) is 21.7. The zero-order valence-electron chi connectivity index (χ0n) is 13.1. The van der Waals surface area contributed by atoms with Gasteiger partial charge in [0.1, 0.15) is 11.5 Å². The Bertz CT molecular complexity index is 809. The van der Waals surface area contributed by atoms with Crippen molar-refractivity contribution in [2.24, 2.45) is 0 Å². The molecule has 0 bridgehead atoms. The van der Waals surface area contributed by atoms with Gasteiger partial charge in [0.2, 0.25) is 0 Å². The second kappa shape index (κ2) is 7.55. The molecule has 1 heterocycles. The highest BCUT2D eigenvalue weighted by Gasteiger charge is 2.14. The molecule has 5 nitrogen and oxygen atoms in total. The van der Waals surface area contributed by atoms with E-state index in [4.69, 9.17) is 0 Å². The lowest BCUT2D eigenvalue weighted by atomic mass is 10.1. The van der Waals surface area contributed by atoms with E-state index in [0.717, 1.165) is 11.1 Å². The minimum Gasteiger partial charge on any atom is -0.388 e. The summed E-state index contributed by atoms with van der Waals surface area (Å²) in [6, 6.07) is 14.3. The quantitative estimate of drug-likeness (QED) is 0.744. The highest BCUT2D eigenvalue weighted by atomic mass is 32.2. The molecule has 0 saturated heterocycles. The van der Waals surface area contributed by atoms with Gasteiger partial charge in [-0.05, 0) is 40.6 Å². The van der Waals surface area contributed by atoms with E-state index in [2.05, 4.69) is 15.5 Å². The Morgan fingerprint density at radius 3 is 2.79 bits per heavy atom. The predicted octanol–water partition coefficient (Wildman–Crippen LogP) is 3.08. The number of aromatic nitrogens is 4. The average molecular weight is 344 g/mol. The average Bonchev–Trinajstić information content (AvgIpc) is 3.06. The molecule has 0 radical (unpaired) electrons. The zero-order chi connectivity index (χ0) is 16.9. The van der Waals surface area contributed by atoms with Crippen LogP contribution < -0.4 is 0 Å². The van der Waals surface area contributed by atoms with Gasteiger partial charge in [-0.1, -0.05) is 36.4 Å². The van der Waals surface area contributed by atoms with Gasteiger partial charge in [0.05, 0.1) is 11.9 Å². The van der Waals surface area contributed by atoms with Gasteiger partial charge >= 0.3 is 0 Å². The highest BCUT2D eigenvalue weighted by Crippen LogP contribution is 2.22. The Hall–Kier alpha value is -2.25. The molecule has 0 aliphatic carbocycles. The van der Waals surface area contributed by atoms with E-state index < -0.39 is 6.10 Å². The first-order valence-corrected chi connectivity index (χ1v) is 8.65. The molecular weight excluding hydrogens is 327 g/mol. The summed E-state index contributed by atoms with van der Waals surface area (Å²) in [5.74, 6) is 1.16. The minimum atomic E-state index is -0.559. The SMILES string of the molecule is Cc1ccc(F)c(-n2nnnc2CSCC(O)c2ccccc2)c1. The first-order chi connectivity index (χ1) is 11.6. The molecule has 2 aromatic carbocycles. The van der Waals surface area contributed by atoms with Crippen LogP contribution in [0, 0.1) is 12.7 Å². The molecule has 0 saturated carbocycles. The third-order valence-electron chi connectivity index (χ3n) is 3.56. The fourth-order valence-corrected chi connectivity index (χ4v) is 3.20. The van der Waals surface area contributed by atoms with E-state index in [9.17, 15) is 9.50 Å². The third-order valence-corrected chi connectivity index (χ3v) is 4.57. The van der Waals surface area contributed by atoms with Crippen molar-refractivity contribution in [2.75, 3.05) is 5.75 Å². The largest absolute Gasteiger partial charge is 0.388 e. The van der Waals surface area contributed by atoms with Crippen molar-refractivity contribution >= 4 is 11.8 Å². The highest BCUT2D eigenvalue weighted by molar-refractivity contribution is 7.98. The van der Waals surface area contributed by atoms with Gasteiger partial charge in [0.15, 0.2) is 5.82 Å². The summed E-state index contributed by atoms with van der Waals surface area (Å²) in [6.45, 7) is 1.89. The second-order valence-electron chi connectivity index (χ2n) is 5.40. The summed E-state index contributed by atoms with van der Waals surface area (Å²) in [6.07, 6.45) is -0.559. The number of aliphatic hydroxyl groups excluding tert-OH is 1. The van der Waals surface area contributed by atoms with Crippen LogP contribution >= 0.6 is 11.8 Å². The monoisotopic (exact) mass is 344 g/mol. The maximum absolute atomic E-state index is 14.0. The first-order valence-electron chi connectivity index (χ1n) is 7.49. The number of nitrogens with zero attached hydrogens (tertiary/aromatic N) is 4. The molecule has 3 rings (SSSR count). The number of aryl methyl sites for hydroxylation is 1. The molecule has 0 amide bonds. The number of halogens is 1. The maximum atomic E-state index is 14.0. The zero-order valence-corrected chi connectivity index (χ0v) is 13.9. The van der Waals surface area contributed by atoms with Crippen LogP contribution in [0.4, 0.5) is 4.39 Å². The molecule has 0 aliphatic heterocycles. The molecule has 1 unspecified atom stereocenters. The molecule has 24 heavy (non-hydrogen) atoms. The normalized spacial score (nSPS) is 12.3. The molecule has 0 spiro atoms. The predicted molar refractivity (Wildman–Crippen MR) is 91.4 cm³/mol. The number of tetrazole rings is 1. The standard InChI is InChI=1S/C17H17FN4OS/c1-12-7-8-14(18)15(9-12)22-17(19-20-21-22)11-24-10-16(23)13-5-3-2-4-6-13/h2-9,16,23H,10-11H2,1H3. The lowest BCUT2D eigenvalue weighted by Crippen LogP contribution is -2.06. The van der Waals surface area contributed by atoms with Crippen LogP contribution in [-0.4, -0.2) is 31.1 Å². The first kappa shape index (κ1) is 16.6. The van der Waals surface area contributed by atoms with Crippen molar-refractivity contribution in [1.29, 1.82) is 0 Å². The van der Waals surface area contributed by atoms with Crippen LogP contribution in [0.15, 0.2) is 48.5 Å². The molecule has 1 N–H and O–H groups in total. The second-order valence-corrected chi connectivity index (χ2v) is 6.43. The Morgan fingerprint density at radius 2 is 2.00 bits per heavy atom. The smallest absolute Gasteiger partial charge is 0.166 e. The van der Waals surface area contributed by atoms with Crippen LogP contribution in [-0.2, 0) is 5.75 Å². The Kier molecular flexibility index (Phi) is 5.22. The lowest BCUT2D eigenvalue weighted by molar-refractivity contribution is 0.204. The summed E-state index contributed by atoms with van der Waals surface area (Å²) in [7, 11) is 0. The van der Waals surface area contributed by atoms with Gasteiger partial charge in [0.25, 0.3) is 0 Å². The van der Waals surface area contributed by atoms with Gasteiger partial charge in [0, 0.05) is 5.75 Å². The molecule has 3 aromatic rings. The topological polar surface area (TPSA) is 63.8 Å². The molecule has 0 fully saturated rings. The van der Waals surface area contributed by atoms with Crippen molar-refractivity contribution in [2.45, 2.75) is 18.8 Å². The third kappa shape index (κ3) is 3.80. The van der Waals surface area contributed by atoms with Crippen LogP contribution in [0.2, 0.25) is 0 Å². The lowest BCUT2D eigenvalue weighted by Gasteiger charge is -2.10. The molecule has 0 aliphatic rings. The van der Waals surface area contributed by atoms with E-state index in [1.165, 1.54) is 22.5 Å². The summed E-state index contributed by atoms with van der Waals surface area (Å²) < 4.78 is 15.4. The Morgan fingerprint density at radius 1 is 1.21 bits per heavy atom. The van der Waals surface area contributed by atoms with Crippen molar-refractivity contribution < 1.29 is 9.50 Å². The molecule has 124 valence electrons. The fraction of sp³-hybridized carbons (Fsp3) is 0.235. The number of benzene rings is 2. The van der Waals surface area contributed by atoms with Crippen molar-refractivity contribution in [3.05, 3.63) is 71.3 Å². The summed E-state index contributed by atoms with van der Waals surface area (Å²) >= 11 is 1.50. The van der Waals surface area contributed by atoms with Crippen LogP contribution in [0.5, 0.6) is 0 Å². The fourth-order valence-electron chi connectivity index (χ4n) is 2.30. The van der Waals surface area contributed by atoms with Crippen molar-refractivity contribution in [3.8, 4) is 5.69 Å². The van der Waals surface area contributed by atoms with Gasteiger partial charge in [-0.25, -0.2) is 4.39 Å². The van der Waals surface area contributed by atoms with Gasteiger partial charge in [-0.15, -0.1) is 5.10 Å². The van der Waals surface area contributed by atoms with Crippen molar-refractivity contribution in [1.82, 2.24) is 20.2 Å². The number of aliphatic hydroxyl groups is 1. The number of hydrogen-bond acceptors (Lipinski definition) is 5. The number of hydrogen-bond donors (Lipinski definition) is 1. The summed E-state index contributed by atoms with van der Waals surface area (Å²) in [5.41, 5.74) is 2.13. The van der Waals surface area contributed by atoms with E-state index >= 15 is 0 Å². The molecule has 7 heteroatoms. The maximum Gasteiger partial charge on any atom is 0.166 e. The Balaban J connectivity index is 1.67. The minimum absolute atomic E-state index is 0.333. The van der Waals surface area contributed by atoms with Gasteiger partial charge < -0.3 is 5.11 Å². The van der Waals surface area contributed by atoms with Crippen LogP contribution in [0.3, 0.4) is 0 Å². The van der Waals surface area contributed by atoms with Gasteiger partial charge in [-0.2, -0.15) is 16.4 Å². The van der Waals surface area contributed by atoms with E-state index in [-0.39, 0.29) is 5.82 Å². The van der Waals surface area contributed by atoms with Gasteiger partial charge in [-0.3, -0.25) is 0 Å². The molecular formula is C17H17FN4OS. The van der Waals surface area contributed by atoms with Crippen LogP contribution in [0.25, 0.3) is 5.69 Å². The van der Waals surface area contributed by atoms with E-state index in [1.807, 2.05) is 37.3 Å². The van der Waals surface area contributed by atoms with E-state index in [0.29, 0.717) is 23.0 Å². The van der Waals surface area contributed by atoms with E-state index in [1.54, 1.807) is 12.1 Å².